The Balaban J connectivity index is 0.00000324. The highest BCUT2D eigenvalue weighted by molar-refractivity contribution is 14.0. The summed E-state index contributed by atoms with van der Waals surface area (Å²) in [7, 11) is 1.79. The summed E-state index contributed by atoms with van der Waals surface area (Å²) in [4.78, 5) is 21.5. The topological polar surface area (TPSA) is 83.2 Å². The van der Waals surface area contributed by atoms with Gasteiger partial charge in [-0.3, -0.25) is 9.89 Å². The molecule has 3 aromatic rings. The molecule has 1 N–H and O–H groups in total. The first-order chi connectivity index (χ1) is 16.2. The number of aromatic nitrogens is 1. The SMILES string of the molecule is CN=C(NCc1cccc(C(=O)OCc2ccccc2)c1)N1CCN(Cc2ccon2)CC1.I. The van der Waals surface area contributed by atoms with Crippen LogP contribution < -0.4 is 5.32 Å². The van der Waals surface area contributed by atoms with Gasteiger partial charge in [-0.1, -0.05) is 47.6 Å². The number of ether oxygens (including phenoxy) is 1. The van der Waals surface area contributed by atoms with Crippen LogP contribution in [0.3, 0.4) is 0 Å². The number of rotatable bonds is 7. The summed E-state index contributed by atoms with van der Waals surface area (Å²) in [5, 5.41) is 7.41. The molecule has 0 unspecified atom stereocenters. The smallest absolute Gasteiger partial charge is 0.338 e. The number of esters is 1. The normalized spacial score (nSPS) is 14.4. The van der Waals surface area contributed by atoms with Crippen molar-refractivity contribution in [2.45, 2.75) is 19.7 Å². The quantitative estimate of drug-likeness (QED) is 0.200. The second kappa shape index (κ2) is 13.1. The first kappa shape index (κ1) is 25.7. The Kier molecular flexibility index (Phi) is 9.89. The summed E-state index contributed by atoms with van der Waals surface area (Å²) >= 11 is 0. The third-order valence-corrected chi connectivity index (χ3v) is 5.59. The summed E-state index contributed by atoms with van der Waals surface area (Å²) in [5.41, 5.74) is 3.46. The van der Waals surface area contributed by atoms with E-state index in [0.29, 0.717) is 12.1 Å². The van der Waals surface area contributed by atoms with Crippen LogP contribution in [0.4, 0.5) is 0 Å². The number of hydrogen-bond acceptors (Lipinski definition) is 6. The third kappa shape index (κ3) is 7.29. The molecule has 1 aromatic heterocycles. The van der Waals surface area contributed by atoms with Gasteiger partial charge in [0, 0.05) is 52.4 Å². The first-order valence-electron chi connectivity index (χ1n) is 11.1. The predicted molar refractivity (Wildman–Crippen MR) is 141 cm³/mol. The lowest BCUT2D eigenvalue weighted by Crippen LogP contribution is -2.52. The molecule has 8 nitrogen and oxygen atoms in total. The highest BCUT2D eigenvalue weighted by atomic mass is 127. The van der Waals surface area contributed by atoms with Crippen LogP contribution >= 0.6 is 24.0 Å². The maximum atomic E-state index is 12.5. The van der Waals surface area contributed by atoms with Crippen molar-refractivity contribution in [3.8, 4) is 0 Å². The van der Waals surface area contributed by atoms with Gasteiger partial charge in [-0.25, -0.2) is 4.79 Å². The summed E-state index contributed by atoms with van der Waals surface area (Å²) in [6, 6.07) is 19.1. The molecule has 2 heterocycles. The fourth-order valence-corrected chi connectivity index (χ4v) is 3.79. The van der Waals surface area contributed by atoms with Gasteiger partial charge in [-0.05, 0) is 23.3 Å². The number of carbonyl (C=O) groups excluding carboxylic acids is 1. The van der Waals surface area contributed by atoms with E-state index in [9.17, 15) is 4.79 Å². The number of nitrogens with zero attached hydrogens (tertiary/aromatic N) is 4. The molecule has 2 aromatic carbocycles. The average Bonchev–Trinajstić information content (AvgIpc) is 3.38. The Bertz CT molecular complexity index is 1050. The largest absolute Gasteiger partial charge is 0.457 e. The minimum Gasteiger partial charge on any atom is -0.457 e. The zero-order valence-electron chi connectivity index (χ0n) is 19.2. The Morgan fingerprint density at radius 1 is 1.06 bits per heavy atom. The fourth-order valence-electron chi connectivity index (χ4n) is 3.79. The van der Waals surface area contributed by atoms with Gasteiger partial charge in [0.25, 0.3) is 0 Å². The molecule has 1 fully saturated rings. The lowest BCUT2D eigenvalue weighted by Gasteiger charge is -2.36. The zero-order valence-corrected chi connectivity index (χ0v) is 21.6. The molecule has 0 bridgehead atoms. The number of halogens is 1. The minimum atomic E-state index is -0.326. The monoisotopic (exact) mass is 575 g/mol. The van der Waals surface area contributed by atoms with E-state index in [-0.39, 0.29) is 36.6 Å². The van der Waals surface area contributed by atoms with Crippen molar-refractivity contribution in [2.24, 2.45) is 4.99 Å². The lowest BCUT2D eigenvalue weighted by atomic mass is 10.1. The van der Waals surface area contributed by atoms with E-state index in [0.717, 1.165) is 55.5 Å². The average molecular weight is 575 g/mol. The van der Waals surface area contributed by atoms with E-state index in [1.165, 1.54) is 0 Å². The van der Waals surface area contributed by atoms with Gasteiger partial charge < -0.3 is 19.5 Å². The number of nitrogens with one attached hydrogen (secondary N) is 1. The van der Waals surface area contributed by atoms with E-state index in [1.54, 1.807) is 19.4 Å². The molecule has 1 aliphatic heterocycles. The van der Waals surface area contributed by atoms with Gasteiger partial charge in [-0.2, -0.15) is 0 Å². The van der Waals surface area contributed by atoms with E-state index in [1.807, 2.05) is 54.6 Å². The molecule has 0 atom stereocenters. The van der Waals surface area contributed by atoms with Crippen LogP contribution in [0.2, 0.25) is 0 Å². The molecular formula is C25H30IN5O3. The van der Waals surface area contributed by atoms with Gasteiger partial charge in [0.1, 0.15) is 12.9 Å². The van der Waals surface area contributed by atoms with Crippen LogP contribution in [0, 0.1) is 0 Å². The zero-order chi connectivity index (χ0) is 22.9. The maximum Gasteiger partial charge on any atom is 0.338 e. The second-order valence-electron chi connectivity index (χ2n) is 7.92. The van der Waals surface area contributed by atoms with Crippen molar-refractivity contribution >= 4 is 35.9 Å². The van der Waals surface area contributed by atoms with Crippen molar-refractivity contribution < 1.29 is 14.1 Å². The Morgan fingerprint density at radius 3 is 2.53 bits per heavy atom. The molecule has 1 aliphatic rings. The van der Waals surface area contributed by atoms with Crippen LogP contribution in [0.1, 0.15) is 27.2 Å². The molecular weight excluding hydrogens is 545 g/mol. The summed E-state index contributed by atoms with van der Waals surface area (Å²) < 4.78 is 10.4. The van der Waals surface area contributed by atoms with Gasteiger partial charge in [0.2, 0.25) is 0 Å². The number of aliphatic imine (C=N–C) groups is 1. The molecule has 4 rings (SSSR count). The van der Waals surface area contributed by atoms with Gasteiger partial charge in [0.05, 0.1) is 11.3 Å². The molecule has 0 radical (unpaired) electrons. The molecule has 34 heavy (non-hydrogen) atoms. The molecule has 1 saturated heterocycles. The van der Waals surface area contributed by atoms with E-state index in [4.69, 9.17) is 9.26 Å². The van der Waals surface area contributed by atoms with Crippen molar-refractivity contribution in [1.29, 1.82) is 0 Å². The van der Waals surface area contributed by atoms with E-state index in [2.05, 4.69) is 25.3 Å². The van der Waals surface area contributed by atoms with Gasteiger partial charge in [0.15, 0.2) is 5.96 Å². The molecule has 0 amide bonds. The van der Waals surface area contributed by atoms with Crippen LogP contribution in [0.15, 0.2) is 76.4 Å². The van der Waals surface area contributed by atoms with Crippen LogP contribution in [-0.4, -0.2) is 60.1 Å². The van der Waals surface area contributed by atoms with Crippen LogP contribution in [0.5, 0.6) is 0 Å². The number of benzene rings is 2. The van der Waals surface area contributed by atoms with Crippen molar-refractivity contribution in [3.05, 3.63) is 89.3 Å². The van der Waals surface area contributed by atoms with Crippen LogP contribution in [0.25, 0.3) is 0 Å². The summed E-state index contributed by atoms with van der Waals surface area (Å²) in [6.45, 7) is 5.24. The molecule has 0 aliphatic carbocycles. The maximum absolute atomic E-state index is 12.5. The molecule has 0 saturated carbocycles. The summed E-state index contributed by atoms with van der Waals surface area (Å²) in [5.74, 6) is 0.529. The minimum absolute atomic E-state index is 0. The number of carbonyl (C=O) groups is 1. The number of piperazine rings is 1. The Morgan fingerprint density at radius 2 is 1.82 bits per heavy atom. The standard InChI is InChI=1S/C25H29N5O3.HI/c1-26-25(30-13-11-29(12-14-30)18-23-10-15-33-28-23)27-17-21-8-5-9-22(16-21)24(31)32-19-20-6-3-2-4-7-20;/h2-10,15-16H,11-14,17-19H2,1H3,(H,26,27);1H. The van der Waals surface area contributed by atoms with Crippen molar-refractivity contribution in [1.82, 2.24) is 20.3 Å². The van der Waals surface area contributed by atoms with Gasteiger partial charge in [-0.15, -0.1) is 24.0 Å². The molecule has 9 heteroatoms. The number of hydrogen-bond donors (Lipinski definition) is 1. The van der Waals surface area contributed by atoms with Crippen molar-refractivity contribution in [2.75, 3.05) is 33.2 Å². The Labute approximate surface area is 217 Å². The first-order valence-corrected chi connectivity index (χ1v) is 11.1. The van der Waals surface area contributed by atoms with Crippen LogP contribution in [-0.2, 0) is 24.4 Å². The fraction of sp³-hybridized carbons (Fsp3) is 0.320. The molecule has 0 spiro atoms. The Hall–Kier alpha value is -2.92. The molecule has 180 valence electrons. The van der Waals surface area contributed by atoms with Gasteiger partial charge >= 0.3 is 5.97 Å². The lowest BCUT2D eigenvalue weighted by molar-refractivity contribution is 0.0472. The predicted octanol–water partition coefficient (Wildman–Crippen LogP) is 3.54. The van der Waals surface area contributed by atoms with E-state index < -0.39 is 0 Å². The highest BCUT2D eigenvalue weighted by Crippen LogP contribution is 2.11. The third-order valence-electron chi connectivity index (χ3n) is 5.59. The summed E-state index contributed by atoms with van der Waals surface area (Å²) in [6.07, 6.45) is 1.61. The highest BCUT2D eigenvalue weighted by Gasteiger charge is 2.20. The number of guanidine groups is 1. The van der Waals surface area contributed by atoms with E-state index >= 15 is 0 Å². The van der Waals surface area contributed by atoms with Crippen molar-refractivity contribution in [3.63, 3.8) is 0 Å². The second-order valence-corrected chi connectivity index (χ2v) is 7.92.